The van der Waals surface area contributed by atoms with Crippen LogP contribution in [0.3, 0.4) is 0 Å². The van der Waals surface area contributed by atoms with Crippen molar-refractivity contribution in [2.75, 3.05) is 10.6 Å². The van der Waals surface area contributed by atoms with Gasteiger partial charge in [-0.1, -0.05) is 65.2 Å². The SMILES string of the molecule is Cc1ccc(C2=C[C@H](c3c(F)cccc3Cl)n3nc(NC(=O)c4cccc(C)c4)nc3N2)cc1. The predicted octanol–water partition coefficient (Wildman–Crippen LogP) is 6.00. The summed E-state index contributed by atoms with van der Waals surface area (Å²) in [5.41, 5.74) is 4.50. The van der Waals surface area contributed by atoms with Crippen LogP contribution in [0.5, 0.6) is 0 Å². The maximum Gasteiger partial charge on any atom is 0.258 e. The Morgan fingerprint density at radius 1 is 1.06 bits per heavy atom. The van der Waals surface area contributed by atoms with Crippen LogP contribution in [-0.4, -0.2) is 20.7 Å². The standard InChI is InChI=1S/C26H21ClFN5O/c1-15-9-11-17(12-10-15)21-14-22(23-19(27)7-4-8-20(23)28)33-26(29-21)31-25(32-33)30-24(34)18-6-3-5-16(2)13-18/h3-14,22H,1-2H3,(H2,29,30,31,32,34)/t22-/m1/s1. The smallest absolute Gasteiger partial charge is 0.258 e. The molecular formula is C26H21ClFN5O. The molecule has 1 aliphatic heterocycles. The molecule has 170 valence electrons. The first-order valence-electron chi connectivity index (χ1n) is 10.7. The molecule has 0 radical (unpaired) electrons. The van der Waals surface area contributed by atoms with Crippen molar-refractivity contribution in [3.63, 3.8) is 0 Å². The van der Waals surface area contributed by atoms with Crippen LogP contribution in [-0.2, 0) is 0 Å². The van der Waals surface area contributed by atoms with Crippen molar-refractivity contribution in [1.82, 2.24) is 14.8 Å². The lowest BCUT2D eigenvalue weighted by Crippen LogP contribution is -2.21. The number of aryl methyl sites for hydroxylation is 2. The summed E-state index contributed by atoms with van der Waals surface area (Å²) in [6, 6.07) is 19.0. The van der Waals surface area contributed by atoms with Gasteiger partial charge in [0, 0.05) is 21.8 Å². The molecule has 0 saturated carbocycles. The highest BCUT2D eigenvalue weighted by Gasteiger charge is 2.29. The summed E-state index contributed by atoms with van der Waals surface area (Å²) in [6.07, 6.45) is 1.85. The minimum atomic E-state index is -0.668. The van der Waals surface area contributed by atoms with Gasteiger partial charge >= 0.3 is 0 Å². The van der Waals surface area contributed by atoms with Crippen molar-refractivity contribution in [2.45, 2.75) is 19.9 Å². The van der Waals surface area contributed by atoms with Crippen molar-refractivity contribution in [3.8, 4) is 0 Å². The number of halogens is 2. The van der Waals surface area contributed by atoms with Gasteiger partial charge in [-0.25, -0.2) is 9.07 Å². The Balaban J connectivity index is 1.55. The van der Waals surface area contributed by atoms with Crippen LogP contribution >= 0.6 is 11.6 Å². The highest BCUT2D eigenvalue weighted by Crippen LogP contribution is 2.37. The number of hydrogen-bond donors (Lipinski definition) is 2. The molecule has 2 N–H and O–H groups in total. The molecule has 1 aromatic heterocycles. The van der Waals surface area contributed by atoms with E-state index in [2.05, 4.69) is 20.7 Å². The summed E-state index contributed by atoms with van der Waals surface area (Å²) < 4.78 is 16.4. The van der Waals surface area contributed by atoms with E-state index in [1.807, 2.05) is 56.3 Å². The zero-order valence-corrected chi connectivity index (χ0v) is 19.3. The average Bonchev–Trinajstić information content (AvgIpc) is 3.22. The lowest BCUT2D eigenvalue weighted by atomic mass is 10.0. The van der Waals surface area contributed by atoms with E-state index in [9.17, 15) is 9.18 Å². The first-order chi connectivity index (χ1) is 16.4. The van der Waals surface area contributed by atoms with E-state index in [-0.39, 0.29) is 22.4 Å². The number of benzene rings is 3. The molecule has 0 aliphatic carbocycles. The van der Waals surface area contributed by atoms with Gasteiger partial charge in [-0.15, -0.1) is 5.10 Å². The molecule has 0 spiro atoms. The van der Waals surface area contributed by atoms with Crippen LogP contribution in [0.25, 0.3) is 5.70 Å². The van der Waals surface area contributed by atoms with Crippen molar-refractivity contribution >= 4 is 35.1 Å². The van der Waals surface area contributed by atoms with Gasteiger partial charge < -0.3 is 5.32 Å². The highest BCUT2D eigenvalue weighted by molar-refractivity contribution is 6.31. The van der Waals surface area contributed by atoms with Gasteiger partial charge in [0.05, 0.1) is 0 Å². The summed E-state index contributed by atoms with van der Waals surface area (Å²) in [6.45, 7) is 3.92. The molecule has 0 unspecified atom stereocenters. The van der Waals surface area contributed by atoms with E-state index in [4.69, 9.17) is 11.6 Å². The number of carbonyl (C=O) groups is 1. The normalized spacial score (nSPS) is 14.7. The monoisotopic (exact) mass is 473 g/mol. The maximum absolute atomic E-state index is 14.9. The third kappa shape index (κ3) is 4.18. The predicted molar refractivity (Wildman–Crippen MR) is 131 cm³/mol. The first kappa shape index (κ1) is 21.9. The van der Waals surface area contributed by atoms with Crippen LogP contribution in [0.2, 0.25) is 5.02 Å². The second-order valence-corrected chi connectivity index (χ2v) is 8.59. The first-order valence-corrected chi connectivity index (χ1v) is 11.1. The molecule has 34 heavy (non-hydrogen) atoms. The highest BCUT2D eigenvalue weighted by atomic mass is 35.5. The van der Waals surface area contributed by atoms with Gasteiger partial charge in [0.15, 0.2) is 0 Å². The number of fused-ring (bicyclic) bond motifs is 1. The number of amides is 1. The van der Waals surface area contributed by atoms with Gasteiger partial charge in [-0.2, -0.15) is 4.98 Å². The summed E-state index contributed by atoms with van der Waals surface area (Å²) in [5, 5.41) is 10.7. The van der Waals surface area contributed by atoms with Gasteiger partial charge in [0.1, 0.15) is 11.9 Å². The van der Waals surface area contributed by atoms with Crippen molar-refractivity contribution in [2.24, 2.45) is 0 Å². The van der Waals surface area contributed by atoms with E-state index >= 15 is 0 Å². The van der Waals surface area contributed by atoms with E-state index in [1.165, 1.54) is 10.7 Å². The molecule has 1 amide bonds. The molecule has 1 aliphatic rings. The Morgan fingerprint density at radius 2 is 1.82 bits per heavy atom. The molecule has 1 atom stereocenters. The number of nitrogens with zero attached hydrogens (tertiary/aromatic N) is 3. The van der Waals surface area contributed by atoms with E-state index < -0.39 is 11.9 Å². The van der Waals surface area contributed by atoms with E-state index in [1.54, 1.807) is 24.3 Å². The number of anilines is 2. The molecule has 0 saturated heterocycles. The fourth-order valence-corrected chi connectivity index (χ4v) is 4.18. The minimum Gasteiger partial charge on any atom is -0.324 e. The Morgan fingerprint density at radius 3 is 2.56 bits per heavy atom. The molecular weight excluding hydrogens is 453 g/mol. The molecule has 8 heteroatoms. The van der Waals surface area contributed by atoms with Crippen LogP contribution in [0.4, 0.5) is 16.3 Å². The van der Waals surface area contributed by atoms with Crippen LogP contribution in [0.15, 0.2) is 72.8 Å². The van der Waals surface area contributed by atoms with Gasteiger partial charge in [0.2, 0.25) is 5.95 Å². The zero-order valence-electron chi connectivity index (χ0n) is 18.5. The summed E-state index contributed by atoms with van der Waals surface area (Å²) in [5.74, 6) is -0.323. The topological polar surface area (TPSA) is 71.8 Å². The van der Waals surface area contributed by atoms with Crippen molar-refractivity contribution in [3.05, 3.63) is 111 Å². The lowest BCUT2D eigenvalue weighted by molar-refractivity contribution is 0.102. The van der Waals surface area contributed by atoms with Crippen LogP contribution in [0, 0.1) is 19.7 Å². The average molecular weight is 474 g/mol. The largest absolute Gasteiger partial charge is 0.324 e. The summed E-state index contributed by atoms with van der Waals surface area (Å²) in [4.78, 5) is 17.2. The Hall–Kier alpha value is -3.97. The summed E-state index contributed by atoms with van der Waals surface area (Å²) >= 11 is 6.41. The van der Waals surface area contributed by atoms with Crippen LogP contribution < -0.4 is 10.6 Å². The number of carbonyl (C=O) groups excluding carboxylic acids is 1. The number of aromatic nitrogens is 3. The number of rotatable bonds is 4. The number of hydrogen-bond acceptors (Lipinski definition) is 4. The molecule has 2 heterocycles. The molecule has 0 fully saturated rings. The van der Waals surface area contributed by atoms with Crippen molar-refractivity contribution in [1.29, 1.82) is 0 Å². The quantitative estimate of drug-likeness (QED) is 0.381. The number of nitrogens with one attached hydrogen (secondary N) is 2. The maximum atomic E-state index is 14.9. The third-order valence-electron chi connectivity index (χ3n) is 5.63. The van der Waals surface area contributed by atoms with Crippen LogP contribution in [0.1, 0.15) is 38.7 Å². The minimum absolute atomic E-state index is 0.102. The fraction of sp³-hybridized carbons (Fsp3) is 0.115. The molecule has 4 aromatic rings. The Bertz CT molecular complexity index is 1410. The second-order valence-electron chi connectivity index (χ2n) is 8.18. The van der Waals surface area contributed by atoms with Gasteiger partial charge in [-0.05, 0) is 49.8 Å². The Kier molecular flexibility index (Phi) is 5.63. The molecule has 6 nitrogen and oxygen atoms in total. The van der Waals surface area contributed by atoms with Crippen molar-refractivity contribution < 1.29 is 9.18 Å². The fourth-order valence-electron chi connectivity index (χ4n) is 3.91. The molecule has 5 rings (SSSR count). The summed E-state index contributed by atoms with van der Waals surface area (Å²) in [7, 11) is 0. The Labute approximate surface area is 201 Å². The third-order valence-corrected chi connectivity index (χ3v) is 5.96. The van der Waals surface area contributed by atoms with Gasteiger partial charge in [-0.3, -0.25) is 10.1 Å². The van der Waals surface area contributed by atoms with E-state index in [0.29, 0.717) is 11.5 Å². The van der Waals surface area contributed by atoms with E-state index in [0.717, 1.165) is 22.4 Å². The zero-order chi connectivity index (χ0) is 23.8. The number of allylic oxidation sites excluding steroid dienone is 1. The second kappa shape index (κ2) is 8.76. The molecule has 0 bridgehead atoms. The molecule has 3 aromatic carbocycles. The lowest BCUT2D eigenvalue weighted by Gasteiger charge is -2.25. The van der Waals surface area contributed by atoms with Gasteiger partial charge in [0.25, 0.3) is 11.9 Å².